The van der Waals surface area contributed by atoms with Crippen LogP contribution in [0.5, 0.6) is 0 Å². The zero-order valence-electron chi connectivity index (χ0n) is 12.1. The Hall–Kier alpha value is -2.07. The number of hydrogen-bond donors (Lipinski definition) is 2. The SMILES string of the molecule is Cc1noc(NS(=O)(=O)c2ccc(NS(C)(=O)=O)cc2)c1C. The third-order valence-corrected chi connectivity index (χ3v) is 4.81. The first-order chi connectivity index (χ1) is 10.1. The van der Waals surface area contributed by atoms with Crippen molar-refractivity contribution in [3.05, 3.63) is 35.5 Å². The van der Waals surface area contributed by atoms with E-state index >= 15 is 0 Å². The maximum Gasteiger partial charge on any atom is 0.264 e. The van der Waals surface area contributed by atoms with E-state index in [0.717, 1.165) is 6.26 Å². The Morgan fingerprint density at radius 2 is 1.59 bits per heavy atom. The average molecular weight is 345 g/mol. The summed E-state index contributed by atoms with van der Waals surface area (Å²) in [6.45, 7) is 3.38. The summed E-state index contributed by atoms with van der Waals surface area (Å²) in [5, 5.41) is 3.67. The molecule has 0 bridgehead atoms. The summed E-state index contributed by atoms with van der Waals surface area (Å²) in [5.74, 6) is 0.0517. The minimum Gasteiger partial charge on any atom is -0.337 e. The minimum absolute atomic E-state index is 0.0278. The molecule has 8 nitrogen and oxygen atoms in total. The molecular formula is C12H15N3O5S2. The zero-order chi connectivity index (χ0) is 16.5. The van der Waals surface area contributed by atoms with Crippen LogP contribution < -0.4 is 9.44 Å². The smallest absolute Gasteiger partial charge is 0.264 e. The van der Waals surface area contributed by atoms with Gasteiger partial charge in [-0.3, -0.25) is 4.72 Å². The molecule has 22 heavy (non-hydrogen) atoms. The molecule has 0 amide bonds. The molecule has 1 aromatic heterocycles. The van der Waals surface area contributed by atoms with Crippen LogP contribution in [0.15, 0.2) is 33.7 Å². The molecule has 0 atom stereocenters. The number of benzene rings is 1. The molecule has 0 aliphatic heterocycles. The Labute approximate surface area is 128 Å². The quantitative estimate of drug-likeness (QED) is 0.847. The number of aromatic nitrogens is 1. The Morgan fingerprint density at radius 3 is 2.05 bits per heavy atom. The van der Waals surface area contributed by atoms with Gasteiger partial charge in [-0.15, -0.1) is 0 Å². The molecule has 0 saturated carbocycles. The maximum absolute atomic E-state index is 12.2. The van der Waals surface area contributed by atoms with E-state index in [1.807, 2.05) is 0 Å². The van der Waals surface area contributed by atoms with Crippen molar-refractivity contribution in [1.82, 2.24) is 5.16 Å². The summed E-state index contributed by atoms with van der Waals surface area (Å²) >= 11 is 0. The lowest BCUT2D eigenvalue weighted by molar-refractivity contribution is 0.430. The molecule has 0 fully saturated rings. The highest BCUT2D eigenvalue weighted by Gasteiger charge is 2.19. The van der Waals surface area contributed by atoms with Gasteiger partial charge in [0.1, 0.15) is 0 Å². The van der Waals surface area contributed by atoms with Gasteiger partial charge in [-0.05, 0) is 38.1 Å². The van der Waals surface area contributed by atoms with Crippen molar-refractivity contribution in [2.45, 2.75) is 18.7 Å². The van der Waals surface area contributed by atoms with Crippen LogP contribution in [0.25, 0.3) is 0 Å². The highest BCUT2D eigenvalue weighted by Crippen LogP contribution is 2.22. The summed E-state index contributed by atoms with van der Waals surface area (Å²) < 4.78 is 56.1. The molecule has 0 unspecified atom stereocenters. The van der Waals surface area contributed by atoms with Crippen molar-refractivity contribution in [3.8, 4) is 0 Å². The van der Waals surface area contributed by atoms with E-state index in [2.05, 4.69) is 14.6 Å². The van der Waals surface area contributed by atoms with E-state index in [1.165, 1.54) is 24.3 Å². The molecule has 2 rings (SSSR count). The van der Waals surface area contributed by atoms with E-state index in [0.29, 0.717) is 11.3 Å². The topological polar surface area (TPSA) is 118 Å². The summed E-state index contributed by atoms with van der Waals surface area (Å²) in [5.41, 5.74) is 1.46. The lowest BCUT2D eigenvalue weighted by Gasteiger charge is -2.07. The normalized spacial score (nSPS) is 12.1. The van der Waals surface area contributed by atoms with E-state index in [9.17, 15) is 16.8 Å². The number of anilines is 2. The summed E-state index contributed by atoms with van der Waals surface area (Å²) in [6, 6.07) is 5.28. The van der Waals surface area contributed by atoms with E-state index in [-0.39, 0.29) is 16.5 Å². The fraction of sp³-hybridized carbons (Fsp3) is 0.250. The first kappa shape index (κ1) is 16.3. The highest BCUT2D eigenvalue weighted by atomic mass is 32.2. The van der Waals surface area contributed by atoms with Crippen molar-refractivity contribution in [3.63, 3.8) is 0 Å². The molecule has 1 heterocycles. The number of aryl methyl sites for hydroxylation is 1. The molecule has 1 aromatic carbocycles. The number of rotatable bonds is 5. The van der Waals surface area contributed by atoms with Gasteiger partial charge in [-0.25, -0.2) is 21.6 Å². The number of nitrogens with one attached hydrogen (secondary N) is 2. The monoisotopic (exact) mass is 345 g/mol. The van der Waals surface area contributed by atoms with Crippen molar-refractivity contribution in [1.29, 1.82) is 0 Å². The second-order valence-corrected chi connectivity index (χ2v) is 8.16. The van der Waals surface area contributed by atoms with Gasteiger partial charge >= 0.3 is 0 Å². The van der Waals surface area contributed by atoms with Gasteiger partial charge in [-0.2, -0.15) is 0 Å². The third-order valence-electron chi connectivity index (χ3n) is 2.85. The van der Waals surface area contributed by atoms with E-state index in [4.69, 9.17) is 4.52 Å². The van der Waals surface area contributed by atoms with Gasteiger partial charge < -0.3 is 4.52 Å². The molecule has 0 aliphatic rings. The Balaban J connectivity index is 2.25. The predicted octanol–water partition coefficient (Wildman–Crippen LogP) is 1.46. The average Bonchev–Trinajstić information content (AvgIpc) is 2.69. The van der Waals surface area contributed by atoms with Crippen LogP contribution in [-0.4, -0.2) is 28.2 Å². The highest BCUT2D eigenvalue weighted by molar-refractivity contribution is 7.92. The van der Waals surface area contributed by atoms with Crippen molar-refractivity contribution in [2.75, 3.05) is 15.7 Å². The number of sulfonamides is 2. The van der Waals surface area contributed by atoms with Crippen molar-refractivity contribution in [2.24, 2.45) is 0 Å². The van der Waals surface area contributed by atoms with Gasteiger partial charge in [-0.1, -0.05) is 5.16 Å². The number of hydrogen-bond acceptors (Lipinski definition) is 6. The van der Waals surface area contributed by atoms with Gasteiger partial charge in [0.25, 0.3) is 10.0 Å². The summed E-state index contributed by atoms with van der Waals surface area (Å²) in [7, 11) is -7.26. The summed E-state index contributed by atoms with van der Waals surface area (Å²) in [6.07, 6.45) is 1.01. The lowest BCUT2D eigenvalue weighted by atomic mass is 10.3. The fourth-order valence-corrected chi connectivity index (χ4v) is 3.22. The predicted molar refractivity (Wildman–Crippen MR) is 81.7 cm³/mol. The summed E-state index contributed by atoms with van der Waals surface area (Å²) in [4.78, 5) is -0.0278. The molecular weight excluding hydrogens is 330 g/mol. The van der Waals surface area contributed by atoms with Crippen LogP contribution in [0.4, 0.5) is 11.6 Å². The minimum atomic E-state index is -3.84. The number of nitrogens with zero attached hydrogens (tertiary/aromatic N) is 1. The van der Waals surface area contributed by atoms with Crippen molar-refractivity contribution < 1.29 is 21.4 Å². The van der Waals surface area contributed by atoms with E-state index < -0.39 is 20.0 Å². The van der Waals surface area contributed by atoms with Crippen LogP contribution in [-0.2, 0) is 20.0 Å². The van der Waals surface area contributed by atoms with E-state index in [1.54, 1.807) is 13.8 Å². The van der Waals surface area contributed by atoms with Crippen LogP contribution >= 0.6 is 0 Å². The molecule has 10 heteroatoms. The molecule has 120 valence electrons. The molecule has 0 spiro atoms. The Bertz CT molecular complexity index is 883. The molecule has 0 saturated heterocycles. The Kier molecular flexibility index (Phi) is 4.16. The second kappa shape index (κ2) is 5.61. The third kappa shape index (κ3) is 3.77. The van der Waals surface area contributed by atoms with Crippen LogP contribution in [0.2, 0.25) is 0 Å². The van der Waals surface area contributed by atoms with Crippen LogP contribution in [0, 0.1) is 13.8 Å². The largest absolute Gasteiger partial charge is 0.337 e. The molecule has 0 radical (unpaired) electrons. The van der Waals surface area contributed by atoms with Crippen LogP contribution in [0.3, 0.4) is 0 Å². The first-order valence-electron chi connectivity index (χ1n) is 6.12. The molecule has 2 N–H and O–H groups in total. The van der Waals surface area contributed by atoms with Gasteiger partial charge in [0.15, 0.2) is 0 Å². The van der Waals surface area contributed by atoms with Gasteiger partial charge in [0, 0.05) is 11.3 Å². The second-order valence-electron chi connectivity index (χ2n) is 4.73. The molecule has 2 aromatic rings. The Morgan fingerprint density at radius 1 is 1.00 bits per heavy atom. The fourth-order valence-electron chi connectivity index (χ4n) is 1.61. The van der Waals surface area contributed by atoms with Crippen molar-refractivity contribution >= 4 is 31.6 Å². The lowest BCUT2D eigenvalue weighted by Crippen LogP contribution is -2.14. The van der Waals surface area contributed by atoms with Gasteiger partial charge in [0.05, 0.1) is 16.8 Å². The zero-order valence-corrected chi connectivity index (χ0v) is 13.7. The first-order valence-corrected chi connectivity index (χ1v) is 9.49. The molecule has 0 aliphatic carbocycles. The standard InChI is InChI=1S/C12H15N3O5S2/c1-8-9(2)13-20-12(8)15-22(18,19)11-6-4-10(5-7-11)14-21(3,16)17/h4-7,14-15H,1-3H3. The van der Waals surface area contributed by atoms with Crippen LogP contribution in [0.1, 0.15) is 11.3 Å². The van der Waals surface area contributed by atoms with Gasteiger partial charge in [0.2, 0.25) is 15.9 Å². The maximum atomic E-state index is 12.2.